The average Bonchev–Trinajstić information content (AvgIpc) is 2.26. The predicted octanol–water partition coefficient (Wildman–Crippen LogP) is 0.629. The molecule has 1 amide bonds. The van der Waals surface area contributed by atoms with E-state index < -0.39 is 5.97 Å². The molecule has 17 heavy (non-hydrogen) atoms. The lowest BCUT2D eigenvalue weighted by atomic mass is 9.94. The summed E-state index contributed by atoms with van der Waals surface area (Å²) >= 11 is 0. The molecule has 0 spiro atoms. The summed E-state index contributed by atoms with van der Waals surface area (Å²) in [5.74, 6) is 0.227. The molecule has 0 aliphatic heterocycles. The van der Waals surface area contributed by atoms with Crippen LogP contribution in [0.2, 0.25) is 0 Å². The molecular formula is C12H24N2O3. The Morgan fingerprint density at radius 3 is 2.35 bits per heavy atom. The van der Waals surface area contributed by atoms with Crippen molar-refractivity contribution in [3.05, 3.63) is 0 Å². The zero-order valence-corrected chi connectivity index (χ0v) is 11.2. The van der Waals surface area contributed by atoms with Crippen molar-refractivity contribution < 1.29 is 14.3 Å². The Hall–Kier alpha value is -1.10. The number of nitrogens with zero attached hydrogens (tertiary/aromatic N) is 1. The third-order valence-corrected chi connectivity index (χ3v) is 2.62. The van der Waals surface area contributed by atoms with Crippen LogP contribution in [-0.2, 0) is 14.3 Å². The van der Waals surface area contributed by atoms with Gasteiger partial charge in [0.1, 0.15) is 6.54 Å². The number of rotatable bonds is 7. The summed E-state index contributed by atoms with van der Waals surface area (Å²) in [5, 5.41) is 0. The molecule has 0 heterocycles. The second kappa shape index (κ2) is 8.06. The summed E-state index contributed by atoms with van der Waals surface area (Å²) in [6.07, 6.45) is 1.32. The molecule has 1 atom stereocenters. The monoisotopic (exact) mass is 244 g/mol. The number of esters is 1. The first-order chi connectivity index (χ1) is 7.90. The van der Waals surface area contributed by atoms with Crippen molar-refractivity contribution in [2.24, 2.45) is 17.6 Å². The second-order valence-electron chi connectivity index (χ2n) is 4.76. The lowest BCUT2D eigenvalue weighted by Crippen LogP contribution is -2.35. The van der Waals surface area contributed by atoms with Crippen LogP contribution in [-0.4, -0.2) is 44.0 Å². The van der Waals surface area contributed by atoms with Crippen LogP contribution < -0.4 is 5.73 Å². The summed E-state index contributed by atoms with van der Waals surface area (Å²) in [6.45, 7) is 4.70. The first-order valence-corrected chi connectivity index (χ1v) is 5.91. The maximum Gasteiger partial charge on any atom is 0.325 e. The van der Waals surface area contributed by atoms with E-state index >= 15 is 0 Å². The molecule has 0 aromatic carbocycles. The Morgan fingerprint density at radius 2 is 1.94 bits per heavy atom. The SMILES string of the molecule is COC(=O)CN(C)C(=O)C[C@@H](CN)CC(C)C. The zero-order valence-electron chi connectivity index (χ0n) is 11.2. The van der Waals surface area contributed by atoms with Gasteiger partial charge in [-0.05, 0) is 24.8 Å². The fraction of sp³-hybridized carbons (Fsp3) is 0.833. The van der Waals surface area contributed by atoms with Crippen molar-refractivity contribution in [3.8, 4) is 0 Å². The minimum absolute atomic E-state index is 0.00565. The fourth-order valence-electron chi connectivity index (χ4n) is 1.68. The third-order valence-electron chi connectivity index (χ3n) is 2.62. The van der Waals surface area contributed by atoms with Crippen LogP contribution in [0, 0.1) is 11.8 Å². The number of carbonyl (C=O) groups excluding carboxylic acids is 2. The van der Waals surface area contributed by atoms with E-state index in [1.54, 1.807) is 7.05 Å². The molecule has 0 radical (unpaired) electrons. The van der Waals surface area contributed by atoms with Gasteiger partial charge in [-0.3, -0.25) is 9.59 Å². The molecular weight excluding hydrogens is 220 g/mol. The summed E-state index contributed by atoms with van der Waals surface area (Å²) in [5.41, 5.74) is 5.63. The second-order valence-corrected chi connectivity index (χ2v) is 4.76. The van der Waals surface area contributed by atoms with Crippen molar-refractivity contribution in [2.45, 2.75) is 26.7 Å². The van der Waals surface area contributed by atoms with Crippen LogP contribution in [0.1, 0.15) is 26.7 Å². The standard InChI is InChI=1S/C12H24N2O3/c1-9(2)5-10(7-13)6-11(15)14(3)8-12(16)17-4/h9-10H,5-8,13H2,1-4H3/t10-/m0/s1. The molecule has 0 fully saturated rings. The maximum absolute atomic E-state index is 11.8. The van der Waals surface area contributed by atoms with E-state index in [1.807, 2.05) is 0 Å². The number of nitrogens with two attached hydrogens (primary N) is 1. The van der Waals surface area contributed by atoms with Crippen LogP contribution in [0.4, 0.5) is 0 Å². The van der Waals surface area contributed by atoms with Gasteiger partial charge in [0.2, 0.25) is 5.91 Å². The molecule has 0 aliphatic rings. The zero-order chi connectivity index (χ0) is 13.4. The van der Waals surface area contributed by atoms with E-state index in [0.29, 0.717) is 18.9 Å². The van der Waals surface area contributed by atoms with Gasteiger partial charge in [-0.1, -0.05) is 13.8 Å². The van der Waals surface area contributed by atoms with Crippen molar-refractivity contribution in [1.82, 2.24) is 4.90 Å². The van der Waals surface area contributed by atoms with E-state index in [-0.39, 0.29) is 18.4 Å². The van der Waals surface area contributed by atoms with Gasteiger partial charge in [0.25, 0.3) is 0 Å². The molecule has 0 saturated carbocycles. The summed E-state index contributed by atoms with van der Waals surface area (Å²) in [4.78, 5) is 24.2. The molecule has 0 aromatic rings. The fourth-order valence-corrected chi connectivity index (χ4v) is 1.68. The number of likely N-dealkylation sites (N-methyl/N-ethyl adjacent to an activating group) is 1. The highest BCUT2D eigenvalue weighted by Crippen LogP contribution is 2.15. The lowest BCUT2D eigenvalue weighted by Gasteiger charge is -2.21. The minimum Gasteiger partial charge on any atom is -0.468 e. The topological polar surface area (TPSA) is 72.6 Å². The van der Waals surface area contributed by atoms with Crippen LogP contribution in [0.25, 0.3) is 0 Å². The number of hydrogen-bond donors (Lipinski definition) is 1. The van der Waals surface area contributed by atoms with Gasteiger partial charge < -0.3 is 15.4 Å². The van der Waals surface area contributed by atoms with Crippen LogP contribution >= 0.6 is 0 Å². The van der Waals surface area contributed by atoms with Gasteiger partial charge in [-0.25, -0.2) is 0 Å². The molecule has 2 N–H and O–H groups in total. The van der Waals surface area contributed by atoms with Gasteiger partial charge in [-0.15, -0.1) is 0 Å². The van der Waals surface area contributed by atoms with Gasteiger partial charge >= 0.3 is 5.97 Å². The highest BCUT2D eigenvalue weighted by atomic mass is 16.5. The highest BCUT2D eigenvalue weighted by Gasteiger charge is 2.18. The highest BCUT2D eigenvalue weighted by molar-refractivity contribution is 5.81. The first-order valence-electron chi connectivity index (χ1n) is 5.91. The largest absolute Gasteiger partial charge is 0.468 e. The van der Waals surface area contributed by atoms with E-state index in [2.05, 4.69) is 18.6 Å². The Bertz CT molecular complexity index is 254. The minimum atomic E-state index is -0.408. The molecule has 0 bridgehead atoms. The van der Waals surface area contributed by atoms with Gasteiger partial charge in [-0.2, -0.15) is 0 Å². The molecule has 0 saturated heterocycles. The quantitative estimate of drug-likeness (QED) is 0.667. The average molecular weight is 244 g/mol. The normalized spacial score (nSPS) is 12.4. The smallest absolute Gasteiger partial charge is 0.325 e. The van der Waals surface area contributed by atoms with E-state index in [1.165, 1.54) is 12.0 Å². The van der Waals surface area contributed by atoms with Crippen LogP contribution in [0.15, 0.2) is 0 Å². The van der Waals surface area contributed by atoms with E-state index in [0.717, 1.165) is 6.42 Å². The molecule has 0 aliphatic carbocycles. The molecule has 100 valence electrons. The Morgan fingerprint density at radius 1 is 1.35 bits per heavy atom. The van der Waals surface area contributed by atoms with Gasteiger partial charge in [0, 0.05) is 13.5 Å². The molecule has 0 unspecified atom stereocenters. The van der Waals surface area contributed by atoms with Crippen molar-refractivity contribution in [1.29, 1.82) is 0 Å². The Labute approximate surface area is 103 Å². The van der Waals surface area contributed by atoms with Crippen molar-refractivity contribution in [2.75, 3.05) is 27.2 Å². The van der Waals surface area contributed by atoms with Gasteiger partial charge in [0.05, 0.1) is 7.11 Å². The lowest BCUT2D eigenvalue weighted by molar-refractivity contribution is -0.146. The number of ether oxygens (including phenoxy) is 1. The summed E-state index contributed by atoms with van der Waals surface area (Å²) in [6, 6.07) is 0. The van der Waals surface area contributed by atoms with Crippen LogP contribution in [0.3, 0.4) is 0 Å². The Balaban J connectivity index is 4.16. The number of amides is 1. The molecule has 0 rings (SSSR count). The first kappa shape index (κ1) is 15.9. The predicted molar refractivity (Wildman–Crippen MR) is 66.3 cm³/mol. The van der Waals surface area contributed by atoms with E-state index in [4.69, 9.17) is 5.73 Å². The van der Waals surface area contributed by atoms with Gasteiger partial charge in [0.15, 0.2) is 0 Å². The summed E-state index contributed by atoms with van der Waals surface area (Å²) in [7, 11) is 2.91. The molecule has 5 heteroatoms. The molecule has 5 nitrogen and oxygen atoms in total. The number of carbonyl (C=O) groups is 2. The van der Waals surface area contributed by atoms with Crippen molar-refractivity contribution >= 4 is 11.9 Å². The van der Waals surface area contributed by atoms with Crippen LogP contribution in [0.5, 0.6) is 0 Å². The van der Waals surface area contributed by atoms with E-state index in [9.17, 15) is 9.59 Å². The summed E-state index contributed by atoms with van der Waals surface area (Å²) < 4.78 is 4.51. The number of methoxy groups -OCH3 is 1. The number of hydrogen-bond acceptors (Lipinski definition) is 4. The molecule has 0 aromatic heterocycles. The Kier molecular flexibility index (Phi) is 7.54. The van der Waals surface area contributed by atoms with Crippen molar-refractivity contribution in [3.63, 3.8) is 0 Å². The maximum atomic E-state index is 11.8. The third kappa shape index (κ3) is 6.94.